The molecule has 126 valence electrons. The Bertz CT molecular complexity index is 248. The van der Waals surface area contributed by atoms with E-state index in [0.717, 1.165) is 29.9 Å². The van der Waals surface area contributed by atoms with Gasteiger partial charge in [0, 0.05) is 23.5 Å². The maximum Gasteiger partial charge on any atom is 0.305 e. The third-order valence-corrected chi connectivity index (χ3v) is 3.51. The van der Waals surface area contributed by atoms with Gasteiger partial charge in [0.1, 0.15) is 0 Å². The van der Waals surface area contributed by atoms with Crippen LogP contribution in [0, 0.1) is 0 Å². The number of ether oxygens (including phenoxy) is 2. The van der Waals surface area contributed by atoms with Gasteiger partial charge in [0.2, 0.25) is 0 Å². The van der Waals surface area contributed by atoms with Gasteiger partial charge in [0.15, 0.2) is 0 Å². The van der Waals surface area contributed by atoms with Crippen LogP contribution in [0.3, 0.4) is 0 Å². The SMILES string of the molecule is CCOC(=O)CCCBr.CCOC(=O)CCCCCCBr. The fraction of sp³-hybridized carbons (Fsp3) is 0.867. The first-order valence-corrected chi connectivity index (χ1v) is 9.79. The maximum absolute atomic E-state index is 10.8. The van der Waals surface area contributed by atoms with Crippen LogP contribution in [-0.4, -0.2) is 35.8 Å². The summed E-state index contributed by atoms with van der Waals surface area (Å²) in [5.74, 6) is -0.159. The van der Waals surface area contributed by atoms with Gasteiger partial charge < -0.3 is 9.47 Å². The van der Waals surface area contributed by atoms with Crippen LogP contribution in [0.25, 0.3) is 0 Å². The second-order valence-corrected chi connectivity index (χ2v) is 5.84. The summed E-state index contributed by atoms with van der Waals surface area (Å²) < 4.78 is 9.48. The average molecular weight is 432 g/mol. The van der Waals surface area contributed by atoms with Gasteiger partial charge in [-0.25, -0.2) is 0 Å². The number of carbonyl (C=O) groups excluding carboxylic acids is 2. The van der Waals surface area contributed by atoms with E-state index < -0.39 is 0 Å². The monoisotopic (exact) mass is 430 g/mol. The van der Waals surface area contributed by atoms with Crippen molar-refractivity contribution >= 4 is 43.8 Å². The fourth-order valence-electron chi connectivity index (χ4n) is 1.39. The molecular weight excluding hydrogens is 404 g/mol. The van der Waals surface area contributed by atoms with E-state index in [9.17, 15) is 9.59 Å². The molecule has 0 aliphatic carbocycles. The number of halogens is 2. The highest BCUT2D eigenvalue weighted by molar-refractivity contribution is 9.09. The van der Waals surface area contributed by atoms with Gasteiger partial charge in [-0.2, -0.15) is 0 Å². The van der Waals surface area contributed by atoms with Gasteiger partial charge in [-0.1, -0.05) is 44.7 Å². The van der Waals surface area contributed by atoms with Crippen LogP contribution in [0.15, 0.2) is 0 Å². The van der Waals surface area contributed by atoms with Crippen LogP contribution in [0.2, 0.25) is 0 Å². The molecule has 6 heteroatoms. The zero-order valence-electron chi connectivity index (χ0n) is 13.2. The van der Waals surface area contributed by atoms with Crippen LogP contribution in [0.5, 0.6) is 0 Å². The van der Waals surface area contributed by atoms with Crippen LogP contribution in [-0.2, 0) is 19.1 Å². The van der Waals surface area contributed by atoms with Gasteiger partial charge in [0.05, 0.1) is 13.2 Å². The summed E-state index contributed by atoms with van der Waals surface area (Å²) in [6.45, 7) is 4.64. The molecule has 0 aromatic rings. The average Bonchev–Trinajstić information content (AvgIpc) is 2.46. The molecule has 0 amide bonds. The Hall–Kier alpha value is -0.100. The lowest BCUT2D eigenvalue weighted by Gasteiger charge is -2.00. The first-order valence-electron chi connectivity index (χ1n) is 7.55. The summed E-state index contributed by atoms with van der Waals surface area (Å²) in [6, 6.07) is 0. The topological polar surface area (TPSA) is 52.6 Å². The molecular formula is C15H28Br2O4. The number of unbranched alkanes of at least 4 members (excludes halogenated alkanes) is 3. The third kappa shape index (κ3) is 22.3. The highest BCUT2D eigenvalue weighted by Gasteiger charge is 1.99. The Morgan fingerprint density at radius 1 is 0.714 bits per heavy atom. The molecule has 0 saturated carbocycles. The molecule has 0 radical (unpaired) electrons. The first kappa shape index (κ1) is 23.2. The Kier molecular flexibility index (Phi) is 22.0. The largest absolute Gasteiger partial charge is 0.466 e. The van der Waals surface area contributed by atoms with Crippen molar-refractivity contribution in [2.24, 2.45) is 0 Å². The van der Waals surface area contributed by atoms with E-state index in [-0.39, 0.29) is 11.9 Å². The maximum atomic E-state index is 10.8. The van der Waals surface area contributed by atoms with E-state index >= 15 is 0 Å². The molecule has 0 aromatic carbocycles. The summed E-state index contributed by atoms with van der Waals surface area (Å²) >= 11 is 6.58. The smallest absolute Gasteiger partial charge is 0.305 e. The first-order chi connectivity index (χ1) is 10.1. The molecule has 0 aliphatic rings. The molecule has 0 N–H and O–H groups in total. The number of carbonyl (C=O) groups is 2. The minimum atomic E-state index is -0.100. The van der Waals surface area contributed by atoms with Gasteiger partial charge in [-0.3, -0.25) is 9.59 Å². The van der Waals surface area contributed by atoms with E-state index in [1.54, 1.807) is 0 Å². The molecule has 0 bridgehead atoms. The van der Waals surface area contributed by atoms with Crippen molar-refractivity contribution in [3.8, 4) is 0 Å². The Morgan fingerprint density at radius 2 is 1.14 bits per heavy atom. The van der Waals surface area contributed by atoms with Crippen molar-refractivity contribution in [3.05, 3.63) is 0 Å². The highest BCUT2D eigenvalue weighted by Crippen LogP contribution is 2.05. The molecule has 0 unspecified atom stereocenters. The van der Waals surface area contributed by atoms with Crippen LogP contribution in [0.1, 0.15) is 58.8 Å². The minimum Gasteiger partial charge on any atom is -0.466 e. The lowest BCUT2D eigenvalue weighted by molar-refractivity contribution is -0.144. The van der Waals surface area contributed by atoms with E-state index in [0.29, 0.717) is 26.1 Å². The number of alkyl halides is 2. The number of hydrogen-bond donors (Lipinski definition) is 0. The normalized spacial score (nSPS) is 9.52. The number of esters is 2. The van der Waals surface area contributed by atoms with Gasteiger partial charge in [-0.05, 0) is 33.1 Å². The molecule has 0 aliphatic heterocycles. The minimum absolute atomic E-state index is 0.0589. The van der Waals surface area contributed by atoms with E-state index in [1.165, 1.54) is 12.8 Å². The van der Waals surface area contributed by atoms with Gasteiger partial charge in [-0.15, -0.1) is 0 Å². The number of rotatable bonds is 11. The molecule has 0 heterocycles. The predicted octanol–water partition coefficient (Wildman–Crippen LogP) is 4.62. The Labute approximate surface area is 145 Å². The molecule has 21 heavy (non-hydrogen) atoms. The molecule has 0 spiro atoms. The second kappa shape index (κ2) is 19.9. The summed E-state index contributed by atoms with van der Waals surface area (Å²) in [7, 11) is 0. The Balaban J connectivity index is 0. The lowest BCUT2D eigenvalue weighted by atomic mass is 10.2. The van der Waals surface area contributed by atoms with Crippen LogP contribution >= 0.6 is 31.9 Å². The zero-order valence-corrected chi connectivity index (χ0v) is 16.3. The molecule has 0 aromatic heterocycles. The molecule has 4 nitrogen and oxygen atoms in total. The van der Waals surface area contributed by atoms with Crippen molar-refractivity contribution in [3.63, 3.8) is 0 Å². The van der Waals surface area contributed by atoms with E-state index in [2.05, 4.69) is 36.6 Å². The van der Waals surface area contributed by atoms with Gasteiger partial charge in [0.25, 0.3) is 0 Å². The van der Waals surface area contributed by atoms with Crippen LogP contribution in [0.4, 0.5) is 0 Å². The van der Waals surface area contributed by atoms with Crippen LogP contribution < -0.4 is 0 Å². The lowest BCUT2D eigenvalue weighted by Crippen LogP contribution is -2.03. The summed E-state index contributed by atoms with van der Waals surface area (Å²) in [5, 5.41) is 1.93. The molecule has 0 rings (SSSR count). The summed E-state index contributed by atoms with van der Waals surface area (Å²) in [4.78, 5) is 21.4. The van der Waals surface area contributed by atoms with E-state index in [4.69, 9.17) is 4.74 Å². The molecule has 0 saturated heterocycles. The van der Waals surface area contributed by atoms with Crippen molar-refractivity contribution in [2.75, 3.05) is 23.9 Å². The standard InChI is InChI=1S/C9H17BrO2.C6H11BrO2/c1-2-12-9(11)7-5-3-4-6-8-10;1-2-9-6(8)4-3-5-7/h2-8H2,1H3;2-5H2,1H3. The van der Waals surface area contributed by atoms with Crippen molar-refractivity contribution in [1.82, 2.24) is 0 Å². The Morgan fingerprint density at radius 3 is 1.57 bits per heavy atom. The van der Waals surface area contributed by atoms with Crippen molar-refractivity contribution in [2.45, 2.75) is 58.8 Å². The van der Waals surface area contributed by atoms with Gasteiger partial charge >= 0.3 is 11.9 Å². The quantitative estimate of drug-likeness (QED) is 0.272. The molecule has 0 atom stereocenters. The fourth-order valence-corrected chi connectivity index (χ4v) is 2.07. The second-order valence-electron chi connectivity index (χ2n) is 4.26. The summed E-state index contributed by atoms with van der Waals surface area (Å²) in [5.41, 5.74) is 0. The summed E-state index contributed by atoms with van der Waals surface area (Å²) in [6.07, 6.45) is 6.46. The number of hydrogen-bond acceptors (Lipinski definition) is 4. The predicted molar refractivity (Wildman–Crippen MR) is 93.2 cm³/mol. The van der Waals surface area contributed by atoms with Crippen molar-refractivity contribution in [1.29, 1.82) is 0 Å². The highest BCUT2D eigenvalue weighted by atomic mass is 79.9. The van der Waals surface area contributed by atoms with E-state index in [1.807, 2.05) is 13.8 Å². The van der Waals surface area contributed by atoms with Crippen molar-refractivity contribution < 1.29 is 19.1 Å². The zero-order chi connectivity index (χ0) is 16.3. The third-order valence-electron chi connectivity index (χ3n) is 2.39. The molecule has 0 fully saturated rings.